The van der Waals surface area contributed by atoms with Gasteiger partial charge >= 0.3 is 0 Å². The first-order chi connectivity index (χ1) is 19.6. The molecule has 0 radical (unpaired) electrons. The molecule has 2 aromatic heterocycles. The van der Waals surface area contributed by atoms with Gasteiger partial charge in [-0.2, -0.15) is 10.4 Å². The lowest BCUT2D eigenvalue weighted by molar-refractivity contribution is -0.134. The zero-order valence-corrected chi connectivity index (χ0v) is 22.6. The van der Waals surface area contributed by atoms with Crippen LogP contribution >= 0.6 is 0 Å². The van der Waals surface area contributed by atoms with E-state index in [1.165, 1.54) is 0 Å². The number of hydrogen-bond acceptors (Lipinski definition) is 8. The number of amides is 1. The van der Waals surface area contributed by atoms with Crippen molar-refractivity contribution in [3.63, 3.8) is 0 Å². The lowest BCUT2D eigenvalue weighted by atomic mass is 10.1. The highest BCUT2D eigenvalue weighted by Gasteiger charge is 2.30. The molecule has 2 aliphatic heterocycles. The van der Waals surface area contributed by atoms with Crippen LogP contribution in [0.3, 0.4) is 0 Å². The second-order valence-electron chi connectivity index (χ2n) is 11.1. The Bertz CT molecular complexity index is 1430. The van der Waals surface area contributed by atoms with Crippen molar-refractivity contribution in [3.05, 3.63) is 52.2 Å². The number of likely N-dealkylation sites (tertiary alicyclic amines) is 1. The van der Waals surface area contributed by atoms with Crippen LogP contribution in [-0.2, 0) is 16.1 Å². The van der Waals surface area contributed by atoms with Crippen molar-refractivity contribution in [2.24, 2.45) is 5.92 Å². The maximum absolute atomic E-state index is 13.4. The minimum atomic E-state index is -0.255. The molecule has 1 aliphatic carbocycles. The van der Waals surface area contributed by atoms with Crippen LogP contribution < -0.4 is 10.3 Å². The largest absolute Gasteiger partial charge is 0.490 e. The summed E-state index contributed by atoms with van der Waals surface area (Å²) >= 11 is 0. The van der Waals surface area contributed by atoms with E-state index in [0.29, 0.717) is 48.0 Å². The molecule has 3 aromatic rings. The van der Waals surface area contributed by atoms with Crippen molar-refractivity contribution in [1.82, 2.24) is 29.5 Å². The van der Waals surface area contributed by atoms with Crippen molar-refractivity contribution >= 4 is 16.9 Å². The number of rotatable bonds is 9. The van der Waals surface area contributed by atoms with E-state index < -0.39 is 0 Å². The number of nitrogens with one attached hydrogen (secondary N) is 1. The number of benzene rings is 1. The Kier molecular flexibility index (Phi) is 7.80. The monoisotopic (exact) mass is 545 g/mol. The first-order valence-corrected chi connectivity index (χ1v) is 14.3. The fourth-order valence-corrected chi connectivity index (χ4v) is 5.55. The summed E-state index contributed by atoms with van der Waals surface area (Å²) in [5.41, 5.74) is 1.30. The van der Waals surface area contributed by atoms with Crippen LogP contribution in [0.5, 0.6) is 5.75 Å². The first kappa shape index (κ1) is 26.5. The molecule has 11 nitrogen and oxygen atoms in total. The molecule has 0 spiro atoms. The summed E-state index contributed by atoms with van der Waals surface area (Å²) in [6.45, 7) is 3.48. The maximum atomic E-state index is 13.4. The molecule has 6 rings (SSSR count). The summed E-state index contributed by atoms with van der Waals surface area (Å²) in [7, 11) is 0. The topological polar surface area (TPSA) is 129 Å². The maximum Gasteiger partial charge on any atom is 0.277 e. The van der Waals surface area contributed by atoms with Crippen LogP contribution in [0.2, 0.25) is 0 Å². The van der Waals surface area contributed by atoms with Crippen molar-refractivity contribution in [3.8, 4) is 11.8 Å². The molecule has 2 saturated heterocycles. The molecule has 1 saturated carbocycles. The smallest absolute Gasteiger partial charge is 0.277 e. The van der Waals surface area contributed by atoms with Gasteiger partial charge in [-0.3, -0.25) is 14.5 Å². The van der Waals surface area contributed by atoms with Gasteiger partial charge in [0.2, 0.25) is 5.91 Å². The molecule has 1 N–H and O–H groups in total. The number of nitrogens with zero attached hydrogens (tertiary/aromatic N) is 6. The number of aromatic amines is 1. The van der Waals surface area contributed by atoms with Crippen LogP contribution in [0, 0.1) is 17.2 Å². The number of ether oxygens (including phenoxy) is 2. The Morgan fingerprint density at radius 2 is 1.95 bits per heavy atom. The molecule has 1 atom stereocenters. The van der Waals surface area contributed by atoms with Crippen LogP contribution in [0.1, 0.15) is 62.6 Å². The molecule has 210 valence electrons. The van der Waals surface area contributed by atoms with Gasteiger partial charge in [0.15, 0.2) is 11.7 Å². The molecule has 40 heavy (non-hydrogen) atoms. The van der Waals surface area contributed by atoms with Crippen LogP contribution in [-0.4, -0.2) is 74.3 Å². The summed E-state index contributed by atoms with van der Waals surface area (Å²) < 4.78 is 13.6. The van der Waals surface area contributed by atoms with E-state index in [4.69, 9.17) is 14.7 Å². The molecule has 3 aliphatic rings. The molecule has 1 unspecified atom stereocenters. The molecule has 1 aromatic carbocycles. The van der Waals surface area contributed by atoms with E-state index in [-0.39, 0.29) is 30.3 Å². The quantitative estimate of drug-likeness (QED) is 0.435. The summed E-state index contributed by atoms with van der Waals surface area (Å²) in [5.74, 6) is 1.80. The number of carbonyl (C=O) groups is 1. The second-order valence-corrected chi connectivity index (χ2v) is 11.1. The SMILES string of the molecule is N#Cc1ccc(OC2CCN(CC(=O)N(Cc3nc4cnn(C5CCCCO5)c4c(=O)[nH]3)CC3CC3)CC2)cc1. The third-order valence-electron chi connectivity index (χ3n) is 7.98. The van der Waals surface area contributed by atoms with Gasteiger partial charge in [0.05, 0.1) is 30.9 Å². The third-order valence-corrected chi connectivity index (χ3v) is 7.98. The minimum absolute atomic E-state index is 0.0485. The summed E-state index contributed by atoms with van der Waals surface area (Å²) in [6, 6.07) is 9.29. The van der Waals surface area contributed by atoms with Crippen LogP contribution in [0.15, 0.2) is 35.3 Å². The summed E-state index contributed by atoms with van der Waals surface area (Å²) in [5, 5.41) is 13.4. The number of piperidine rings is 1. The number of aromatic nitrogens is 4. The predicted octanol–water partition coefficient (Wildman–Crippen LogP) is 2.97. The van der Waals surface area contributed by atoms with Gasteiger partial charge in [0.1, 0.15) is 23.2 Å². The molecule has 11 heteroatoms. The summed E-state index contributed by atoms with van der Waals surface area (Å²) in [4.78, 5) is 38.1. The number of nitriles is 1. The van der Waals surface area contributed by atoms with E-state index in [9.17, 15) is 9.59 Å². The molecule has 1 amide bonds. The van der Waals surface area contributed by atoms with Crippen molar-refractivity contribution in [2.45, 2.75) is 63.8 Å². The number of H-pyrrole nitrogens is 1. The van der Waals surface area contributed by atoms with Gasteiger partial charge in [-0.15, -0.1) is 0 Å². The highest BCUT2D eigenvalue weighted by Crippen LogP contribution is 2.30. The lowest BCUT2D eigenvalue weighted by Gasteiger charge is -2.33. The molecule has 0 bridgehead atoms. The fraction of sp³-hybridized carbons (Fsp3) is 0.552. The second kappa shape index (κ2) is 11.8. The average molecular weight is 546 g/mol. The van der Waals surface area contributed by atoms with Crippen LogP contribution in [0.4, 0.5) is 0 Å². The highest BCUT2D eigenvalue weighted by atomic mass is 16.5. The number of carbonyl (C=O) groups excluding carboxylic acids is 1. The first-order valence-electron chi connectivity index (χ1n) is 14.3. The van der Waals surface area contributed by atoms with Gasteiger partial charge in [-0.25, -0.2) is 9.67 Å². The highest BCUT2D eigenvalue weighted by molar-refractivity contribution is 5.78. The zero-order valence-electron chi connectivity index (χ0n) is 22.6. The Labute approximate surface area is 232 Å². The number of fused-ring (bicyclic) bond motifs is 1. The third kappa shape index (κ3) is 6.18. The predicted molar refractivity (Wildman–Crippen MR) is 146 cm³/mol. The van der Waals surface area contributed by atoms with Gasteiger partial charge in [-0.05, 0) is 75.1 Å². The lowest BCUT2D eigenvalue weighted by Crippen LogP contribution is -2.45. The van der Waals surface area contributed by atoms with Crippen LogP contribution in [0.25, 0.3) is 11.0 Å². The minimum Gasteiger partial charge on any atom is -0.490 e. The standard InChI is InChI=1S/C29H35N7O4/c30-15-20-6-8-22(9-7-20)40-23-10-12-34(13-11-23)19-26(37)35(17-21-4-5-21)18-25-32-24-16-31-36(28(24)29(38)33-25)27-3-1-2-14-39-27/h6-9,16,21,23,27H,1-5,10-14,17-19H2,(H,32,33,38). The average Bonchev–Trinajstić information content (AvgIpc) is 3.69. The van der Waals surface area contributed by atoms with Gasteiger partial charge in [-0.1, -0.05) is 0 Å². The van der Waals surface area contributed by atoms with E-state index in [2.05, 4.69) is 26.0 Å². The fourth-order valence-electron chi connectivity index (χ4n) is 5.55. The normalized spacial score (nSPS) is 20.3. The summed E-state index contributed by atoms with van der Waals surface area (Å²) in [6.07, 6.45) is 8.24. The van der Waals surface area contributed by atoms with E-state index in [0.717, 1.165) is 63.8 Å². The molecule has 3 fully saturated rings. The Morgan fingerprint density at radius 3 is 2.65 bits per heavy atom. The van der Waals surface area contributed by atoms with Crippen molar-refractivity contribution in [2.75, 3.05) is 32.8 Å². The van der Waals surface area contributed by atoms with E-state index >= 15 is 0 Å². The number of hydrogen-bond donors (Lipinski definition) is 1. The van der Waals surface area contributed by atoms with Crippen molar-refractivity contribution < 1.29 is 14.3 Å². The Balaban J connectivity index is 1.07. The Hall–Kier alpha value is -3.75. The van der Waals surface area contributed by atoms with Crippen molar-refractivity contribution in [1.29, 1.82) is 5.26 Å². The molecular weight excluding hydrogens is 510 g/mol. The Morgan fingerprint density at radius 1 is 1.15 bits per heavy atom. The van der Waals surface area contributed by atoms with Gasteiger partial charge < -0.3 is 19.4 Å². The van der Waals surface area contributed by atoms with Gasteiger partial charge in [0.25, 0.3) is 5.56 Å². The van der Waals surface area contributed by atoms with E-state index in [1.54, 1.807) is 23.0 Å². The molecule has 4 heterocycles. The van der Waals surface area contributed by atoms with Gasteiger partial charge in [0, 0.05) is 26.2 Å². The zero-order chi connectivity index (χ0) is 27.5. The molecular formula is C29H35N7O4. The van der Waals surface area contributed by atoms with E-state index in [1.807, 2.05) is 17.0 Å².